The molecule has 0 fully saturated rings. The molecule has 7 heteroatoms. The maximum atomic E-state index is 13.3. The van der Waals surface area contributed by atoms with Gasteiger partial charge in [0.15, 0.2) is 0 Å². The fourth-order valence-electron chi connectivity index (χ4n) is 6.72. The molecule has 2 unspecified atom stereocenters. The maximum absolute atomic E-state index is 13.3. The Bertz CT molecular complexity index is 1630. The molecule has 4 aromatic rings. The van der Waals surface area contributed by atoms with E-state index in [0.717, 1.165) is 46.0 Å². The average Bonchev–Trinajstić information content (AvgIpc) is 3.57. The zero-order valence-corrected chi connectivity index (χ0v) is 22.6. The first-order valence-electron chi connectivity index (χ1n) is 13.3. The van der Waals surface area contributed by atoms with Gasteiger partial charge >= 0.3 is 6.03 Å². The van der Waals surface area contributed by atoms with E-state index in [0.29, 0.717) is 19.5 Å². The first kappa shape index (κ1) is 23.4. The lowest BCUT2D eigenvalue weighted by Crippen LogP contribution is -2.42. The molecule has 2 aliphatic heterocycles. The lowest BCUT2D eigenvalue weighted by Gasteiger charge is -2.45. The van der Waals surface area contributed by atoms with Crippen LogP contribution in [0.15, 0.2) is 66.9 Å². The van der Waals surface area contributed by atoms with Crippen molar-refractivity contribution in [2.24, 2.45) is 0 Å². The van der Waals surface area contributed by atoms with Crippen LogP contribution in [-0.4, -0.2) is 32.2 Å². The Morgan fingerprint density at radius 3 is 2.74 bits per heavy atom. The van der Waals surface area contributed by atoms with Crippen molar-refractivity contribution in [3.8, 4) is 5.69 Å². The number of nitrogens with zero attached hydrogens (tertiary/aromatic N) is 3. The summed E-state index contributed by atoms with van der Waals surface area (Å²) >= 11 is 7.16. The van der Waals surface area contributed by atoms with Gasteiger partial charge in [-0.05, 0) is 55.2 Å². The molecule has 0 spiro atoms. The average molecular weight is 524 g/mol. The number of rotatable bonds is 2. The largest absolute Gasteiger partial charge is 0.363 e. The summed E-state index contributed by atoms with van der Waals surface area (Å²) in [6, 6.07) is 18.2. The number of urea groups is 1. The number of amides is 2. The molecule has 2 aromatic heterocycles. The Balaban J connectivity index is 1.42. The van der Waals surface area contributed by atoms with Gasteiger partial charge in [0.1, 0.15) is 4.87 Å². The molecule has 4 heterocycles. The van der Waals surface area contributed by atoms with E-state index in [1.165, 1.54) is 16.7 Å². The number of hydrogen-bond acceptors (Lipinski definition) is 2. The molecule has 0 bridgehead atoms. The van der Waals surface area contributed by atoms with Crippen molar-refractivity contribution < 1.29 is 4.79 Å². The fraction of sp³-hybridized carbons (Fsp3) is 0.290. The summed E-state index contributed by atoms with van der Waals surface area (Å²) in [5.41, 5.74) is 10.6. The fourth-order valence-corrected chi connectivity index (χ4v) is 6.98. The molecule has 6 nitrogen and oxygen atoms in total. The molecule has 0 saturated heterocycles. The number of allylic oxidation sites excluding steroid dienone is 2. The number of alkyl halides is 1. The molecule has 3 aliphatic rings. The van der Waals surface area contributed by atoms with Crippen molar-refractivity contribution in [3.63, 3.8) is 0 Å². The molecule has 2 N–H and O–H groups in total. The highest BCUT2D eigenvalue weighted by Crippen LogP contribution is 2.58. The van der Waals surface area contributed by atoms with Crippen molar-refractivity contribution in [1.82, 2.24) is 19.7 Å². The predicted molar refractivity (Wildman–Crippen MR) is 151 cm³/mol. The van der Waals surface area contributed by atoms with Crippen molar-refractivity contribution in [2.45, 2.75) is 50.4 Å². The topological polar surface area (TPSA) is 66.0 Å². The van der Waals surface area contributed by atoms with Crippen LogP contribution in [0.4, 0.5) is 10.5 Å². The van der Waals surface area contributed by atoms with E-state index in [9.17, 15) is 4.79 Å². The van der Waals surface area contributed by atoms with E-state index in [-0.39, 0.29) is 6.03 Å². The normalized spacial score (nSPS) is 22.9. The first-order valence-corrected chi connectivity index (χ1v) is 13.7. The van der Waals surface area contributed by atoms with E-state index < -0.39 is 10.3 Å². The Kier molecular flexibility index (Phi) is 4.99. The van der Waals surface area contributed by atoms with E-state index in [1.54, 1.807) is 0 Å². The smallest absolute Gasteiger partial charge is 0.322 e. The molecule has 0 saturated carbocycles. The highest BCUT2D eigenvalue weighted by Gasteiger charge is 2.51. The molecule has 1 aliphatic carbocycles. The molecular formula is C31H30ClN5O. The van der Waals surface area contributed by atoms with Crippen molar-refractivity contribution >= 4 is 28.9 Å². The van der Waals surface area contributed by atoms with Crippen molar-refractivity contribution in [3.05, 3.63) is 106 Å². The number of aryl methyl sites for hydroxylation is 1. The summed E-state index contributed by atoms with van der Waals surface area (Å²) in [7, 11) is 0. The molecule has 7 rings (SSSR count). The number of hydrogen-bond donors (Lipinski definition) is 2. The number of benzene rings is 2. The van der Waals surface area contributed by atoms with Gasteiger partial charge in [0.25, 0.3) is 0 Å². The Hall–Kier alpha value is -3.77. The lowest BCUT2D eigenvalue weighted by atomic mass is 9.63. The summed E-state index contributed by atoms with van der Waals surface area (Å²) in [6.45, 7) is 7.66. The molecule has 192 valence electrons. The number of para-hydroxylation sites is 2. The van der Waals surface area contributed by atoms with Crippen LogP contribution in [0.3, 0.4) is 0 Å². The first-order chi connectivity index (χ1) is 18.3. The van der Waals surface area contributed by atoms with Gasteiger partial charge in [-0.25, -0.2) is 9.48 Å². The van der Waals surface area contributed by atoms with E-state index in [2.05, 4.69) is 66.1 Å². The maximum Gasteiger partial charge on any atom is 0.322 e. The van der Waals surface area contributed by atoms with Crippen molar-refractivity contribution in [2.75, 3.05) is 11.9 Å². The minimum atomic E-state index is -0.656. The van der Waals surface area contributed by atoms with Gasteiger partial charge in [-0.3, -0.25) is 0 Å². The van der Waals surface area contributed by atoms with Crippen LogP contribution in [0.2, 0.25) is 0 Å². The van der Waals surface area contributed by atoms with Gasteiger partial charge in [-0.1, -0.05) is 49.4 Å². The van der Waals surface area contributed by atoms with Crippen LogP contribution in [-0.2, 0) is 29.7 Å². The van der Waals surface area contributed by atoms with Gasteiger partial charge in [0.05, 0.1) is 29.0 Å². The van der Waals surface area contributed by atoms with Gasteiger partial charge in [-0.2, -0.15) is 5.10 Å². The molecule has 2 atom stereocenters. The lowest BCUT2D eigenvalue weighted by molar-refractivity contribution is 0.206. The Morgan fingerprint density at radius 1 is 1.13 bits per heavy atom. The van der Waals surface area contributed by atoms with Gasteiger partial charge in [-0.15, -0.1) is 11.6 Å². The number of nitrogens with one attached hydrogen (secondary N) is 2. The minimum absolute atomic E-state index is 0.0903. The second-order valence-corrected chi connectivity index (χ2v) is 11.6. The third-order valence-corrected chi connectivity index (χ3v) is 8.85. The SMILES string of the molecule is CCc1cccc2c1-n1nc3c(c1C1(C)C2=CC(C)(Cl)c2[nH]ccc21)CN(C(=O)Nc1ccccc1)CC3. The van der Waals surface area contributed by atoms with Crippen molar-refractivity contribution in [1.29, 1.82) is 0 Å². The number of carbonyl (C=O) groups is 1. The number of carbonyl (C=O) groups excluding carboxylic acids is 1. The van der Waals surface area contributed by atoms with Crippen LogP contribution < -0.4 is 5.32 Å². The standard InChI is InChI=1S/C31H30ClN5O/c1-4-19-9-8-12-21-24-17-30(2,32)27-23(13-15-33-27)31(24,3)28-22-18-36(16-14-25(22)35-37(28)26(19)21)29(38)34-20-10-6-5-7-11-20/h5-13,15,17,33H,4,14,16,18H2,1-3H3,(H,34,38). The molecule has 2 aromatic carbocycles. The second-order valence-electron chi connectivity index (χ2n) is 10.8. The predicted octanol–water partition coefficient (Wildman–Crippen LogP) is 6.52. The van der Waals surface area contributed by atoms with Crippen LogP contribution in [0.5, 0.6) is 0 Å². The number of fused-ring (bicyclic) bond motifs is 10. The highest BCUT2D eigenvalue weighted by atomic mass is 35.5. The monoisotopic (exact) mass is 523 g/mol. The Labute approximate surface area is 227 Å². The summed E-state index contributed by atoms with van der Waals surface area (Å²) < 4.78 is 2.18. The van der Waals surface area contributed by atoms with Gasteiger partial charge in [0, 0.05) is 41.7 Å². The number of H-pyrrole nitrogens is 1. The highest BCUT2D eigenvalue weighted by molar-refractivity contribution is 6.26. The van der Waals surface area contributed by atoms with E-state index in [4.69, 9.17) is 16.7 Å². The number of aromatic amines is 1. The van der Waals surface area contributed by atoms with Gasteiger partial charge in [0.2, 0.25) is 0 Å². The van der Waals surface area contributed by atoms with Gasteiger partial charge < -0.3 is 15.2 Å². The number of halogens is 1. The summed E-state index contributed by atoms with van der Waals surface area (Å²) in [5, 5.41) is 8.30. The third-order valence-electron chi connectivity index (χ3n) is 8.55. The molecule has 0 radical (unpaired) electrons. The number of anilines is 1. The zero-order chi connectivity index (χ0) is 26.2. The van der Waals surface area contributed by atoms with Crippen LogP contribution in [0, 0.1) is 0 Å². The second kappa shape index (κ2) is 8.11. The third kappa shape index (κ3) is 3.13. The molecule has 38 heavy (non-hydrogen) atoms. The van der Waals surface area contributed by atoms with Crippen LogP contribution >= 0.6 is 11.6 Å². The summed E-state index contributed by atoms with van der Waals surface area (Å²) in [5.74, 6) is 0. The minimum Gasteiger partial charge on any atom is -0.363 e. The quantitative estimate of drug-likeness (QED) is 0.294. The van der Waals surface area contributed by atoms with E-state index >= 15 is 0 Å². The summed E-state index contributed by atoms with van der Waals surface area (Å²) in [4.78, 5) is 18.0. The van der Waals surface area contributed by atoms with E-state index in [1.807, 2.05) is 41.4 Å². The van der Waals surface area contributed by atoms with Crippen LogP contribution in [0.1, 0.15) is 60.1 Å². The molecular weight excluding hydrogens is 494 g/mol. The zero-order valence-electron chi connectivity index (χ0n) is 21.8. The van der Waals surface area contributed by atoms with Crippen LogP contribution in [0.25, 0.3) is 11.3 Å². The Morgan fingerprint density at radius 2 is 1.95 bits per heavy atom. The molecule has 2 amide bonds. The summed E-state index contributed by atoms with van der Waals surface area (Å²) in [6.07, 6.45) is 5.81. The number of aromatic nitrogens is 3.